The molecule has 3 aromatic rings. The maximum absolute atomic E-state index is 15.2. The molecule has 3 fully saturated rings. The van der Waals surface area contributed by atoms with Gasteiger partial charge in [-0.25, -0.2) is 9.16 Å². The fraction of sp³-hybridized carbons (Fsp3) is 0.642. The van der Waals surface area contributed by atoms with Gasteiger partial charge in [-0.1, -0.05) is 120 Å². The Morgan fingerprint density at radius 1 is 0.519 bits per heavy atom. The normalized spacial score (nSPS) is 17.8. The molecule has 0 bridgehead atoms. The summed E-state index contributed by atoms with van der Waals surface area (Å²) in [5.41, 5.74) is 0.0467. The molecule has 5 heterocycles. The number of unbranched alkanes of at least 4 members (excludes halogenated alkanes) is 9. The van der Waals surface area contributed by atoms with Crippen LogP contribution in [0, 0.1) is 69.5 Å². The maximum atomic E-state index is 15.2. The van der Waals surface area contributed by atoms with Crippen LogP contribution in [0.4, 0.5) is 5.69 Å². The van der Waals surface area contributed by atoms with Crippen molar-refractivity contribution in [1.82, 2.24) is 71.9 Å². The number of amides is 10. The second-order valence-electron chi connectivity index (χ2n) is 37.0. The number of benzene rings is 3. The Hall–Kier alpha value is -9.93. The molecule has 1 radical (unpaired) electrons. The largest absolute Gasteiger partial charge is 3.00 e. The van der Waals surface area contributed by atoms with Gasteiger partial charge in [0.15, 0.2) is 5.60 Å². The van der Waals surface area contributed by atoms with Crippen LogP contribution in [0.15, 0.2) is 64.0 Å². The van der Waals surface area contributed by atoms with Crippen molar-refractivity contribution in [3.8, 4) is 23.0 Å². The first-order chi connectivity index (χ1) is 63.9. The van der Waals surface area contributed by atoms with E-state index in [2.05, 4.69) is 57.1 Å². The Bertz CT molecular complexity index is 4620. The molecule has 3 saturated heterocycles. The van der Waals surface area contributed by atoms with Crippen LogP contribution in [0.5, 0.6) is 23.0 Å². The van der Waals surface area contributed by atoms with Gasteiger partial charge >= 0.3 is 45.9 Å². The topological polar surface area (TPSA) is 525 Å². The fourth-order valence-corrected chi connectivity index (χ4v) is 17.9. The zero-order valence-electron chi connectivity index (χ0n) is 79.3. The summed E-state index contributed by atoms with van der Waals surface area (Å²) in [6, 6.07) is 4.62. The van der Waals surface area contributed by atoms with Gasteiger partial charge in [0.1, 0.15) is 77.6 Å². The molecule has 0 unspecified atom stereocenters. The van der Waals surface area contributed by atoms with Crippen LogP contribution in [0.25, 0.3) is 0 Å². The van der Waals surface area contributed by atoms with Crippen LogP contribution in [0.1, 0.15) is 225 Å². The Morgan fingerprint density at radius 3 is 1.47 bits per heavy atom. The van der Waals surface area contributed by atoms with Crippen molar-refractivity contribution in [2.24, 2.45) is 38.9 Å². The minimum Gasteiger partial charge on any atom is -0.549 e. The standard InChI is InChI=1S/C95H140N16O22S.Gd/c1-11-63(10)85(93(130)111-39-24-27-75(111)90(127)101-73(50-60(4)5)88(125)102-83(61(6)7)91(128)103-84(62(8)9)92(129)110-38-23-26-74(110)89(126)100-72(49-59(2)3)86(123)98-36-20-17-15-13-12-14-16-18-22-48-112)104-87(124)71(105-134-58-99-64-28-31-68-67(51-64)94(131)133-95(68)69-32-29-65(113)52-76(69)132-77-53-66(114)30-33-70(77)95)25-19-21-35-96-78(115)34-37-97-79(116)54-106-40-42-107(55-80(117)118)44-46-109(57-82(121)122)47-45-108(43-41-106)56-81(119)120;/h28-33,48,51-53,59-63,71-75,83-85,113-114H,11-27,34-47,49-50,54-57H2,1-10H3,(H,96,115)(H,97,116)(H,98,123)(H,100,126)(H,101,127)(H,102,125)(H,103,128)(H,104,124)(H,117,118)(H,119,120)(H,121,122);/q;+3/p-3/t63-,71-,72-,73-,74-,75-,83-,84-,85-;/m0./s1. The summed E-state index contributed by atoms with van der Waals surface area (Å²) >= 11 is 0.686. The number of hydrogen-bond donors (Lipinski definition) is 10. The van der Waals surface area contributed by atoms with Gasteiger partial charge in [-0.05, 0) is 137 Å². The number of aldehydes is 1. The molecule has 40 heteroatoms. The number of aliphatic carboxylic acids is 3. The molecule has 743 valence electrons. The van der Waals surface area contributed by atoms with Gasteiger partial charge in [-0.2, -0.15) is 4.99 Å². The number of carboxylic acids is 3. The molecule has 0 aliphatic carbocycles. The summed E-state index contributed by atoms with van der Waals surface area (Å²) in [5.74, 6) is -11.9. The zero-order valence-corrected chi connectivity index (χ0v) is 82.4. The first-order valence-corrected chi connectivity index (χ1v) is 48.1. The molecule has 5 aliphatic rings. The number of phenolic OH excluding ortho intramolecular Hbond substituents is 2. The molecular weight excluding hydrogens is 1910 g/mol. The molecule has 3 aromatic carbocycles. The van der Waals surface area contributed by atoms with Crippen LogP contribution in [-0.4, -0.2) is 294 Å². The van der Waals surface area contributed by atoms with Crippen LogP contribution in [-0.2, 0) is 88.6 Å². The number of ether oxygens (including phenoxy) is 2. The van der Waals surface area contributed by atoms with Crippen molar-refractivity contribution in [3.05, 3.63) is 76.9 Å². The van der Waals surface area contributed by atoms with Crippen molar-refractivity contribution in [2.45, 2.75) is 252 Å². The molecular formula is C95H137GdN16O22S. The number of isothiocyanates is 1. The smallest absolute Gasteiger partial charge is 0.549 e. The monoisotopic (exact) mass is 2040 g/mol. The van der Waals surface area contributed by atoms with Gasteiger partial charge in [0, 0.05) is 158 Å². The number of hydrogen-bond acceptors (Lipinski definition) is 28. The quantitative estimate of drug-likeness (QED) is 0.0127. The third-order valence-corrected chi connectivity index (χ3v) is 25.4. The SMILES string of the molecule is CC[C@H](C)[C@H](NC(=O)[C@H](CCCCNC(=O)CCNC(=O)CN1CCN(CC(=O)[O-])CCN(CC(=O)[O-])CCN(CC(=O)[O-])CC1)N=S=C=Nc1ccc2c(c1)C(=O)OC21c2ccc(O)cc2Oc2cc(O)ccc21)C(=O)N1CCC[C@H]1C(=O)N[C@@H](CC(C)C)C(=O)N[C@H](C(=O)N[C@H](C(=O)N1CCC[C@H]1C(=O)N[C@@H](CC(C)C)C(=O)NCCCCCCCCCCC=O)C(C)C)C(C)C.[Gd+3]. The van der Waals surface area contributed by atoms with E-state index in [0.29, 0.717) is 79.3 Å². The molecule has 0 saturated carbocycles. The Balaban J connectivity index is 0.0000249. The van der Waals surface area contributed by atoms with Gasteiger partial charge in [-0.15, -0.1) is 0 Å². The fourth-order valence-electron chi connectivity index (χ4n) is 17.4. The summed E-state index contributed by atoms with van der Waals surface area (Å²) in [5, 5.41) is 81.8. The number of rotatable bonds is 50. The van der Waals surface area contributed by atoms with E-state index in [9.17, 15) is 92.7 Å². The summed E-state index contributed by atoms with van der Waals surface area (Å²) in [4.78, 5) is 217. The van der Waals surface area contributed by atoms with E-state index in [1.54, 1.807) is 73.6 Å². The molecule has 10 N–H and O–H groups in total. The van der Waals surface area contributed by atoms with Crippen molar-refractivity contribution in [2.75, 3.05) is 111 Å². The molecule has 0 aromatic heterocycles. The number of phenols is 2. The predicted octanol–water partition coefficient (Wildman–Crippen LogP) is 1.78. The number of likely N-dealkylation sites (tertiary alicyclic amines) is 2. The van der Waals surface area contributed by atoms with Crippen LogP contribution >= 0.6 is 0 Å². The van der Waals surface area contributed by atoms with E-state index in [0.717, 1.165) is 57.7 Å². The second-order valence-corrected chi connectivity index (χ2v) is 37.6. The van der Waals surface area contributed by atoms with E-state index in [1.165, 1.54) is 45.0 Å². The van der Waals surface area contributed by atoms with E-state index in [1.807, 2.05) is 34.6 Å². The van der Waals surface area contributed by atoms with Crippen LogP contribution < -0.4 is 62.6 Å². The first-order valence-electron chi connectivity index (χ1n) is 47.3. The van der Waals surface area contributed by atoms with E-state index in [-0.39, 0.29) is 209 Å². The van der Waals surface area contributed by atoms with E-state index < -0.39 is 168 Å². The molecule has 9 atom stereocenters. The van der Waals surface area contributed by atoms with Gasteiger partial charge in [0.2, 0.25) is 59.1 Å². The maximum Gasteiger partial charge on any atom is 3.00 e. The van der Waals surface area contributed by atoms with Crippen molar-refractivity contribution in [1.29, 1.82) is 0 Å². The molecule has 8 rings (SSSR count). The van der Waals surface area contributed by atoms with Crippen molar-refractivity contribution >= 4 is 111 Å². The van der Waals surface area contributed by atoms with Crippen molar-refractivity contribution < 1.29 is 147 Å². The molecule has 38 nitrogen and oxygen atoms in total. The summed E-state index contributed by atoms with van der Waals surface area (Å²) in [6.45, 7) is 18.4. The van der Waals surface area contributed by atoms with Crippen molar-refractivity contribution in [3.63, 3.8) is 0 Å². The molecule has 1 spiro atoms. The number of nitrogens with one attached hydrogen (secondary N) is 8. The zero-order chi connectivity index (χ0) is 97.9. The minimum absolute atomic E-state index is 0. The van der Waals surface area contributed by atoms with Gasteiger partial charge in [-0.3, -0.25) is 67.5 Å². The third-order valence-electron chi connectivity index (χ3n) is 24.9. The molecule has 10 amide bonds. The summed E-state index contributed by atoms with van der Waals surface area (Å²) in [6.07, 6.45) is 12.2. The second kappa shape index (κ2) is 56.1. The number of carbonyl (C=O) groups is 15. The van der Waals surface area contributed by atoms with Gasteiger partial charge in [0.05, 0.1) is 40.9 Å². The Kier molecular flexibility index (Phi) is 46.6. The van der Waals surface area contributed by atoms with Gasteiger partial charge in [0.25, 0.3) is 0 Å². The average molecular weight is 2040 g/mol. The number of carboxylic acid groups (broad SMARTS) is 3. The summed E-state index contributed by atoms with van der Waals surface area (Å²) in [7, 11) is 0. The number of esters is 1. The van der Waals surface area contributed by atoms with E-state index in [4.69, 9.17) is 9.47 Å². The van der Waals surface area contributed by atoms with Crippen LogP contribution in [0.2, 0.25) is 0 Å². The van der Waals surface area contributed by atoms with E-state index >= 15 is 4.79 Å². The van der Waals surface area contributed by atoms with Gasteiger partial charge < -0.3 is 107 Å². The molecule has 5 aliphatic heterocycles. The number of carbonyl (C=O) groups excluding carboxylic acids is 15. The number of fused-ring (bicyclic) bond motifs is 6. The number of nitrogens with zero attached hydrogens (tertiary/aromatic N) is 8. The Labute approximate surface area is 826 Å². The van der Waals surface area contributed by atoms with Crippen LogP contribution in [0.3, 0.4) is 0 Å². The third kappa shape index (κ3) is 34.3. The predicted molar refractivity (Wildman–Crippen MR) is 492 cm³/mol. The first kappa shape index (κ1) is 112. The summed E-state index contributed by atoms with van der Waals surface area (Å²) < 4.78 is 17.0. The Morgan fingerprint density at radius 2 is 0.970 bits per heavy atom. The minimum atomic E-state index is -1.56. The molecule has 135 heavy (non-hydrogen) atoms. The number of aromatic hydroxyl groups is 2. The number of aliphatic imine (C=N–C) groups is 1. The average Bonchev–Trinajstić information content (AvgIpc) is 1.58.